The number of hydrogen-bond donors (Lipinski definition) is 0. The molecule has 1 amide bonds. The quantitative estimate of drug-likeness (QED) is 0.165. The molecular formula is C31H26F2N4O8S. The molecule has 0 saturated carbocycles. The minimum Gasteiger partial charge on any atom is -0.451 e. The Morgan fingerprint density at radius 1 is 1.09 bits per heavy atom. The number of morpholine rings is 1. The smallest absolute Gasteiger partial charge is 0.451 e. The third kappa shape index (κ3) is 4.87. The Labute approximate surface area is 264 Å². The predicted molar refractivity (Wildman–Crippen MR) is 159 cm³/mol. The van der Waals surface area contributed by atoms with Crippen molar-refractivity contribution in [2.45, 2.75) is 12.2 Å². The second-order valence-corrected chi connectivity index (χ2v) is 11.3. The summed E-state index contributed by atoms with van der Waals surface area (Å²) in [7, 11) is 1.44. The van der Waals surface area contributed by atoms with Crippen LogP contribution in [0.15, 0.2) is 59.0 Å². The number of halogens is 2. The summed E-state index contributed by atoms with van der Waals surface area (Å²) >= 11 is 1.30. The maximum atomic E-state index is 15.8. The van der Waals surface area contributed by atoms with Crippen molar-refractivity contribution in [3.63, 3.8) is 0 Å². The lowest BCUT2D eigenvalue weighted by molar-refractivity contribution is -0.0216. The van der Waals surface area contributed by atoms with Crippen LogP contribution in [0.25, 0.3) is 21.7 Å². The molecular weight excluding hydrogens is 626 g/mol. The van der Waals surface area contributed by atoms with Crippen LogP contribution in [0.4, 0.5) is 13.6 Å². The van der Waals surface area contributed by atoms with Gasteiger partial charge in [-0.15, -0.1) is 11.3 Å². The molecule has 15 heteroatoms. The highest BCUT2D eigenvalue weighted by Gasteiger charge is 2.47. The number of benzene rings is 2. The van der Waals surface area contributed by atoms with Gasteiger partial charge in [0, 0.05) is 31.5 Å². The van der Waals surface area contributed by atoms with Crippen molar-refractivity contribution in [3.8, 4) is 27.4 Å². The van der Waals surface area contributed by atoms with E-state index in [1.807, 2.05) is 24.3 Å². The van der Waals surface area contributed by atoms with Crippen molar-refractivity contribution in [3.05, 3.63) is 92.9 Å². The molecule has 2 aromatic heterocycles. The summed E-state index contributed by atoms with van der Waals surface area (Å²) < 4.78 is 58.3. The first-order chi connectivity index (χ1) is 22.4. The zero-order valence-corrected chi connectivity index (χ0v) is 25.1. The molecule has 0 radical (unpaired) electrons. The molecule has 3 aliphatic rings. The van der Waals surface area contributed by atoms with Crippen LogP contribution in [0, 0.1) is 11.6 Å². The number of carbonyl (C=O) groups is 2. The van der Waals surface area contributed by atoms with Gasteiger partial charge in [-0.05, 0) is 22.8 Å². The highest BCUT2D eigenvalue weighted by atomic mass is 32.1. The van der Waals surface area contributed by atoms with Gasteiger partial charge in [-0.3, -0.25) is 19.3 Å². The Hall–Kier alpha value is -4.86. The summed E-state index contributed by atoms with van der Waals surface area (Å²) in [6.45, 7) is -0.119. The van der Waals surface area contributed by atoms with E-state index in [-0.39, 0.29) is 50.0 Å². The second kappa shape index (κ2) is 12.2. The standard InChI is InChI=1S/C31H26F2N4O8S/c1-41-12-13-43-31(40)45-16-44-28-21(38)8-9-36-27(28)30(39)35-10-11-42-14-22(35)37(36)26-17-4-2-3-5-18(17)29-25(34-15-46-29)23-19(26)6-7-20(32)24(23)33/h2-9,15,22,26H,10-14,16H2,1H3/t22-,26-/m1/s1. The monoisotopic (exact) mass is 652 g/mol. The minimum atomic E-state index is -1.05. The predicted octanol–water partition coefficient (Wildman–Crippen LogP) is 3.91. The molecule has 0 unspecified atom stereocenters. The van der Waals surface area contributed by atoms with E-state index in [0.29, 0.717) is 16.1 Å². The zero-order valence-electron chi connectivity index (χ0n) is 24.3. The number of aromatic nitrogens is 2. The van der Waals surface area contributed by atoms with E-state index in [1.54, 1.807) is 15.4 Å². The average Bonchev–Trinajstić information content (AvgIpc) is 3.51. The molecule has 4 heterocycles. The number of rotatable bonds is 7. The molecule has 7 rings (SSSR count). The summed E-state index contributed by atoms with van der Waals surface area (Å²) in [5, 5.41) is 1.80. The molecule has 1 saturated heterocycles. The SMILES string of the molecule is COCCOC(=O)OCOc1c2n(ccc1=O)N([C@@H]1c3ccccc3-c3scnc3-c3c1ccc(F)c3F)[C@@H]1COCCN1C2=O. The maximum absolute atomic E-state index is 15.8. The number of carbonyl (C=O) groups excluding carboxylic acids is 2. The van der Waals surface area contributed by atoms with Crippen molar-refractivity contribution < 1.29 is 42.1 Å². The topological polar surface area (TPSA) is 122 Å². The molecule has 0 bridgehead atoms. The number of ether oxygens (including phenoxy) is 5. The lowest BCUT2D eigenvalue weighted by atomic mass is 9.92. The van der Waals surface area contributed by atoms with Gasteiger partial charge < -0.3 is 28.6 Å². The molecule has 46 heavy (non-hydrogen) atoms. The summed E-state index contributed by atoms with van der Waals surface area (Å²) in [6, 6.07) is 10.4. The van der Waals surface area contributed by atoms with Crippen molar-refractivity contribution in [1.82, 2.24) is 14.6 Å². The Morgan fingerprint density at radius 3 is 2.78 bits per heavy atom. The van der Waals surface area contributed by atoms with Gasteiger partial charge in [-0.2, -0.15) is 0 Å². The van der Waals surface area contributed by atoms with Crippen LogP contribution in [-0.4, -0.2) is 79.7 Å². The number of hydrogen-bond acceptors (Lipinski definition) is 11. The van der Waals surface area contributed by atoms with E-state index in [9.17, 15) is 18.8 Å². The third-order valence-electron chi connectivity index (χ3n) is 8.03. The molecule has 1 fully saturated rings. The van der Waals surface area contributed by atoms with Crippen LogP contribution in [0.1, 0.15) is 27.7 Å². The van der Waals surface area contributed by atoms with Crippen LogP contribution < -0.4 is 15.2 Å². The van der Waals surface area contributed by atoms with Gasteiger partial charge in [0.05, 0.1) is 41.9 Å². The van der Waals surface area contributed by atoms with E-state index >= 15 is 4.39 Å². The Kier molecular flexibility index (Phi) is 7.88. The van der Waals surface area contributed by atoms with Crippen LogP contribution in [0.3, 0.4) is 0 Å². The summed E-state index contributed by atoms with van der Waals surface area (Å²) in [6.07, 6.45) is -0.348. The van der Waals surface area contributed by atoms with Crippen LogP contribution in [-0.2, 0) is 18.9 Å². The summed E-state index contributed by atoms with van der Waals surface area (Å²) in [5.41, 5.74) is 2.99. The fourth-order valence-corrected chi connectivity index (χ4v) is 6.93. The Balaban J connectivity index is 1.40. The molecule has 238 valence electrons. The van der Waals surface area contributed by atoms with Gasteiger partial charge >= 0.3 is 6.16 Å². The average molecular weight is 653 g/mol. The number of fused-ring (bicyclic) bond motifs is 7. The molecule has 2 aliphatic heterocycles. The third-order valence-corrected chi connectivity index (χ3v) is 8.89. The Morgan fingerprint density at radius 2 is 1.93 bits per heavy atom. The summed E-state index contributed by atoms with van der Waals surface area (Å²) in [4.78, 5) is 45.9. The minimum absolute atomic E-state index is 0.00270. The van der Waals surface area contributed by atoms with E-state index in [4.69, 9.17) is 23.7 Å². The highest BCUT2D eigenvalue weighted by Crippen LogP contribution is 2.50. The van der Waals surface area contributed by atoms with Gasteiger partial charge in [0.15, 0.2) is 17.3 Å². The summed E-state index contributed by atoms with van der Waals surface area (Å²) in [5.74, 6) is -2.96. The van der Waals surface area contributed by atoms with Gasteiger partial charge in [-0.1, -0.05) is 30.3 Å². The Bertz CT molecular complexity index is 1900. The maximum Gasteiger partial charge on any atom is 0.511 e. The van der Waals surface area contributed by atoms with Gasteiger partial charge in [0.25, 0.3) is 5.91 Å². The number of pyridine rings is 1. The number of thiazole rings is 1. The molecule has 1 aliphatic carbocycles. The normalized spacial score (nSPS) is 18.0. The lowest BCUT2D eigenvalue weighted by Gasteiger charge is -2.51. The molecule has 2 atom stereocenters. The molecule has 12 nitrogen and oxygen atoms in total. The number of amides is 1. The second-order valence-electron chi connectivity index (χ2n) is 10.5. The van der Waals surface area contributed by atoms with Gasteiger partial charge in [0.1, 0.15) is 12.8 Å². The zero-order chi connectivity index (χ0) is 31.9. The molecule has 4 aromatic rings. The van der Waals surface area contributed by atoms with Crippen molar-refractivity contribution in [2.75, 3.05) is 51.9 Å². The van der Waals surface area contributed by atoms with E-state index < -0.39 is 48.1 Å². The largest absolute Gasteiger partial charge is 0.511 e. The van der Waals surface area contributed by atoms with Crippen LogP contribution in [0.2, 0.25) is 0 Å². The fourth-order valence-electron chi connectivity index (χ4n) is 6.09. The first-order valence-electron chi connectivity index (χ1n) is 14.3. The van der Waals surface area contributed by atoms with Crippen molar-refractivity contribution >= 4 is 23.4 Å². The molecule has 0 N–H and O–H groups in total. The fraction of sp³-hybridized carbons (Fsp3) is 0.290. The van der Waals surface area contributed by atoms with Crippen LogP contribution in [0.5, 0.6) is 5.75 Å². The first-order valence-corrected chi connectivity index (χ1v) is 15.1. The molecule has 2 aromatic carbocycles. The van der Waals surface area contributed by atoms with E-state index in [0.717, 1.165) is 17.2 Å². The van der Waals surface area contributed by atoms with E-state index in [2.05, 4.69) is 4.98 Å². The lowest BCUT2D eigenvalue weighted by Crippen LogP contribution is -2.66. The number of methoxy groups -OCH3 is 1. The van der Waals surface area contributed by atoms with Crippen molar-refractivity contribution in [1.29, 1.82) is 0 Å². The highest BCUT2D eigenvalue weighted by molar-refractivity contribution is 7.13. The van der Waals surface area contributed by atoms with Gasteiger partial charge in [-0.25, -0.2) is 18.6 Å². The van der Waals surface area contributed by atoms with Crippen LogP contribution >= 0.6 is 11.3 Å². The first kappa shape index (κ1) is 29.8. The van der Waals surface area contributed by atoms with Gasteiger partial charge in [0.2, 0.25) is 18.0 Å². The van der Waals surface area contributed by atoms with Crippen molar-refractivity contribution in [2.24, 2.45) is 0 Å². The molecule has 0 spiro atoms. The van der Waals surface area contributed by atoms with E-state index in [1.165, 1.54) is 41.5 Å². The number of nitrogens with zero attached hydrogens (tertiary/aromatic N) is 4.